The number of carbonyl (C=O) groups excluding carboxylic acids is 2. The third-order valence-electron chi connectivity index (χ3n) is 2.82. The molecular formula is C14H22N4O2. The van der Waals surface area contributed by atoms with Gasteiger partial charge in [0, 0.05) is 25.1 Å². The van der Waals surface area contributed by atoms with Crippen molar-refractivity contribution < 1.29 is 9.59 Å². The van der Waals surface area contributed by atoms with Crippen LogP contribution in [0.25, 0.3) is 0 Å². The van der Waals surface area contributed by atoms with Gasteiger partial charge in [0.15, 0.2) is 0 Å². The second kappa shape index (κ2) is 8.04. The van der Waals surface area contributed by atoms with Crippen LogP contribution in [0.15, 0.2) is 18.2 Å². The minimum Gasteiger partial charge on any atom is -0.397 e. The Morgan fingerprint density at radius 3 is 2.60 bits per heavy atom. The lowest BCUT2D eigenvalue weighted by Gasteiger charge is -2.10. The van der Waals surface area contributed by atoms with Crippen LogP contribution >= 0.6 is 0 Å². The number of hydrogen-bond donors (Lipinski definition) is 4. The molecule has 2 amide bonds. The summed E-state index contributed by atoms with van der Waals surface area (Å²) >= 11 is 0. The molecule has 0 aromatic heterocycles. The van der Waals surface area contributed by atoms with Crippen molar-refractivity contribution in [2.75, 3.05) is 24.1 Å². The molecule has 0 fully saturated rings. The molecule has 0 aliphatic rings. The van der Waals surface area contributed by atoms with Crippen LogP contribution in [0.2, 0.25) is 0 Å². The normalized spacial score (nSPS) is 10.1. The molecule has 0 aliphatic carbocycles. The molecule has 110 valence electrons. The number of nitrogens with two attached hydrogens (primary N) is 2. The van der Waals surface area contributed by atoms with Gasteiger partial charge in [-0.1, -0.05) is 0 Å². The van der Waals surface area contributed by atoms with Crippen molar-refractivity contribution in [3.8, 4) is 0 Å². The van der Waals surface area contributed by atoms with Gasteiger partial charge < -0.3 is 22.1 Å². The second-order valence-electron chi connectivity index (χ2n) is 4.51. The maximum Gasteiger partial charge on any atom is 0.251 e. The van der Waals surface area contributed by atoms with E-state index in [-0.39, 0.29) is 11.8 Å². The first-order valence-electron chi connectivity index (χ1n) is 6.74. The molecule has 0 bridgehead atoms. The summed E-state index contributed by atoms with van der Waals surface area (Å²) in [6.45, 7) is 3.15. The van der Waals surface area contributed by atoms with Crippen LogP contribution in [0.1, 0.15) is 36.5 Å². The maximum atomic E-state index is 11.6. The molecule has 1 rings (SSSR count). The molecule has 0 radical (unpaired) electrons. The van der Waals surface area contributed by atoms with Gasteiger partial charge in [0.05, 0.1) is 11.4 Å². The number of nitrogens with one attached hydrogen (secondary N) is 2. The summed E-state index contributed by atoms with van der Waals surface area (Å²) in [6.07, 6.45) is 1.98. The topological polar surface area (TPSA) is 110 Å². The molecule has 0 heterocycles. The number of anilines is 2. The zero-order valence-electron chi connectivity index (χ0n) is 11.7. The minimum absolute atomic E-state index is 0.132. The van der Waals surface area contributed by atoms with Gasteiger partial charge in [-0.2, -0.15) is 0 Å². The van der Waals surface area contributed by atoms with E-state index >= 15 is 0 Å². The van der Waals surface area contributed by atoms with E-state index in [0.29, 0.717) is 30.8 Å². The molecule has 6 nitrogen and oxygen atoms in total. The number of carbonyl (C=O) groups is 2. The highest BCUT2D eigenvalue weighted by atomic mass is 16.1. The molecular weight excluding hydrogens is 256 g/mol. The molecule has 6 N–H and O–H groups in total. The van der Waals surface area contributed by atoms with Crippen LogP contribution < -0.4 is 22.1 Å². The van der Waals surface area contributed by atoms with E-state index in [2.05, 4.69) is 10.6 Å². The van der Waals surface area contributed by atoms with Gasteiger partial charge in [-0.3, -0.25) is 9.59 Å². The second-order valence-corrected chi connectivity index (χ2v) is 4.51. The number of primary amides is 1. The largest absolute Gasteiger partial charge is 0.397 e. The summed E-state index contributed by atoms with van der Waals surface area (Å²) in [4.78, 5) is 22.2. The Bertz CT molecular complexity index is 474. The smallest absolute Gasteiger partial charge is 0.251 e. The highest BCUT2D eigenvalue weighted by Crippen LogP contribution is 2.20. The highest BCUT2D eigenvalue weighted by molar-refractivity contribution is 5.96. The average Bonchev–Trinajstić information content (AvgIpc) is 2.39. The van der Waals surface area contributed by atoms with Gasteiger partial charge in [0.1, 0.15) is 0 Å². The number of amides is 2. The SMILES string of the molecule is CCNC(=O)c1ccc(NCCCCC(N)=O)c(N)c1. The first-order valence-corrected chi connectivity index (χ1v) is 6.74. The molecule has 0 aliphatic heterocycles. The summed E-state index contributed by atoms with van der Waals surface area (Å²) in [5.74, 6) is -0.414. The number of nitrogen functional groups attached to an aromatic ring is 1. The van der Waals surface area contributed by atoms with E-state index in [1.807, 2.05) is 6.92 Å². The Labute approximate surface area is 118 Å². The Morgan fingerprint density at radius 2 is 2.00 bits per heavy atom. The lowest BCUT2D eigenvalue weighted by Crippen LogP contribution is -2.22. The zero-order valence-corrected chi connectivity index (χ0v) is 11.7. The van der Waals surface area contributed by atoms with Crippen molar-refractivity contribution in [3.05, 3.63) is 23.8 Å². The quantitative estimate of drug-likeness (QED) is 0.421. The van der Waals surface area contributed by atoms with Gasteiger partial charge in [-0.15, -0.1) is 0 Å². The van der Waals surface area contributed by atoms with Crippen LogP contribution in [-0.2, 0) is 4.79 Å². The van der Waals surface area contributed by atoms with Crippen molar-refractivity contribution in [1.82, 2.24) is 5.32 Å². The number of hydrogen-bond acceptors (Lipinski definition) is 4. The Hall–Kier alpha value is -2.24. The van der Waals surface area contributed by atoms with E-state index in [0.717, 1.165) is 18.5 Å². The van der Waals surface area contributed by atoms with E-state index in [9.17, 15) is 9.59 Å². The van der Waals surface area contributed by atoms with Crippen molar-refractivity contribution in [2.45, 2.75) is 26.2 Å². The van der Waals surface area contributed by atoms with E-state index in [4.69, 9.17) is 11.5 Å². The monoisotopic (exact) mass is 278 g/mol. The Balaban J connectivity index is 2.47. The lowest BCUT2D eigenvalue weighted by molar-refractivity contribution is -0.118. The van der Waals surface area contributed by atoms with Crippen LogP contribution in [0.3, 0.4) is 0 Å². The summed E-state index contributed by atoms with van der Waals surface area (Å²) in [7, 11) is 0. The minimum atomic E-state index is -0.282. The zero-order chi connectivity index (χ0) is 15.0. The Morgan fingerprint density at radius 1 is 1.25 bits per heavy atom. The van der Waals surface area contributed by atoms with Crippen molar-refractivity contribution in [3.63, 3.8) is 0 Å². The summed E-state index contributed by atoms with van der Waals surface area (Å²) in [5, 5.41) is 5.90. The molecule has 6 heteroatoms. The molecule has 0 unspecified atom stereocenters. The van der Waals surface area contributed by atoms with Gasteiger partial charge in [0.2, 0.25) is 5.91 Å². The van der Waals surface area contributed by atoms with Gasteiger partial charge in [0.25, 0.3) is 5.91 Å². The number of benzene rings is 1. The summed E-state index contributed by atoms with van der Waals surface area (Å²) in [5.41, 5.74) is 12.8. The number of unbranched alkanes of at least 4 members (excludes halogenated alkanes) is 1. The third-order valence-corrected chi connectivity index (χ3v) is 2.82. The maximum absolute atomic E-state index is 11.6. The van der Waals surface area contributed by atoms with Crippen molar-refractivity contribution in [2.24, 2.45) is 5.73 Å². The van der Waals surface area contributed by atoms with E-state index in [1.165, 1.54) is 0 Å². The van der Waals surface area contributed by atoms with Crippen LogP contribution in [0.5, 0.6) is 0 Å². The molecule has 0 atom stereocenters. The van der Waals surface area contributed by atoms with E-state index < -0.39 is 0 Å². The Kier molecular flexibility index (Phi) is 6.36. The standard InChI is InChI=1S/C14H22N4O2/c1-2-17-14(20)10-6-7-12(11(15)9-10)18-8-4-3-5-13(16)19/h6-7,9,18H,2-5,8,15H2,1H3,(H2,16,19)(H,17,20). The van der Waals surface area contributed by atoms with Gasteiger partial charge >= 0.3 is 0 Å². The highest BCUT2D eigenvalue weighted by Gasteiger charge is 2.06. The first kappa shape index (κ1) is 15.8. The first-order chi connectivity index (χ1) is 9.54. The van der Waals surface area contributed by atoms with Gasteiger partial charge in [-0.25, -0.2) is 0 Å². The van der Waals surface area contributed by atoms with Crippen molar-refractivity contribution >= 4 is 23.2 Å². The fourth-order valence-corrected chi connectivity index (χ4v) is 1.77. The predicted molar refractivity (Wildman–Crippen MR) is 80.4 cm³/mol. The third kappa shape index (κ3) is 5.17. The fourth-order valence-electron chi connectivity index (χ4n) is 1.77. The molecule has 20 heavy (non-hydrogen) atoms. The molecule has 0 spiro atoms. The molecule has 0 saturated carbocycles. The van der Waals surface area contributed by atoms with Crippen molar-refractivity contribution in [1.29, 1.82) is 0 Å². The van der Waals surface area contributed by atoms with Gasteiger partial charge in [-0.05, 0) is 38.0 Å². The van der Waals surface area contributed by atoms with Crippen LogP contribution in [-0.4, -0.2) is 24.9 Å². The summed E-state index contributed by atoms with van der Waals surface area (Å²) in [6, 6.07) is 5.16. The average molecular weight is 278 g/mol. The van der Waals surface area contributed by atoms with Crippen LogP contribution in [0.4, 0.5) is 11.4 Å². The molecule has 1 aromatic carbocycles. The summed E-state index contributed by atoms with van der Waals surface area (Å²) < 4.78 is 0. The predicted octanol–water partition coefficient (Wildman–Crippen LogP) is 1.09. The van der Waals surface area contributed by atoms with Crippen LogP contribution in [0, 0.1) is 0 Å². The molecule has 0 saturated heterocycles. The number of rotatable bonds is 8. The fraction of sp³-hybridized carbons (Fsp3) is 0.429. The van der Waals surface area contributed by atoms with E-state index in [1.54, 1.807) is 18.2 Å². The molecule has 1 aromatic rings. The lowest BCUT2D eigenvalue weighted by atomic mass is 10.1.